The third kappa shape index (κ3) is 4.57. The van der Waals surface area contributed by atoms with Crippen LogP contribution in [0.3, 0.4) is 0 Å². The van der Waals surface area contributed by atoms with Crippen LogP contribution in [0, 0.1) is 29.1 Å². The van der Waals surface area contributed by atoms with Gasteiger partial charge < -0.3 is 5.32 Å². The smallest absolute Gasteiger partial charge is 0.00104 e. The number of hydrogen-bond donors (Lipinski definition) is 1. The standard InChI is InChI=1S/C17H35N/c1-12(2)16-10-15(17(5,6)7)9-8-14(16)11-18-13(3)4/h12-16,18H,8-11H2,1-7H3. The van der Waals surface area contributed by atoms with E-state index in [2.05, 4.69) is 53.8 Å². The average molecular weight is 253 g/mol. The second-order valence-electron chi connectivity index (χ2n) is 8.11. The van der Waals surface area contributed by atoms with Gasteiger partial charge in [-0.2, -0.15) is 0 Å². The number of nitrogens with one attached hydrogen (secondary N) is 1. The third-order valence-electron chi connectivity index (χ3n) is 4.92. The van der Waals surface area contributed by atoms with E-state index in [1.54, 1.807) is 0 Å². The van der Waals surface area contributed by atoms with Gasteiger partial charge in [-0.15, -0.1) is 0 Å². The molecule has 0 aromatic heterocycles. The molecule has 1 nitrogen and oxygen atoms in total. The van der Waals surface area contributed by atoms with E-state index >= 15 is 0 Å². The summed E-state index contributed by atoms with van der Waals surface area (Å²) in [6, 6.07) is 0.623. The normalized spacial score (nSPS) is 30.2. The first-order valence-electron chi connectivity index (χ1n) is 7.95. The summed E-state index contributed by atoms with van der Waals surface area (Å²) >= 11 is 0. The molecule has 0 aromatic rings. The maximum atomic E-state index is 3.65. The van der Waals surface area contributed by atoms with Gasteiger partial charge >= 0.3 is 0 Å². The highest BCUT2D eigenvalue weighted by atomic mass is 14.9. The molecule has 0 heterocycles. The molecule has 1 heteroatoms. The van der Waals surface area contributed by atoms with Gasteiger partial charge in [-0.05, 0) is 54.9 Å². The quantitative estimate of drug-likeness (QED) is 0.764. The SMILES string of the molecule is CC(C)NCC1CCC(C(C)(C)C)CC1C(C)C. The molecule has 3 atom stereocenters. The van der Waals surface area contributed by atoms with Crippen LogP contribution in [0.2, 0.25) is 0 Å². The van der Waals surface area contributed by atoms with Crippen molar-refractivity contribution in [2.75, 3.05) is 6.54 Å². The Hall–Kier alpha value is -0.0400. The number of hydrogen-bond acceptors (Lipinski definition) is 1. The molecule has 18 heavy (non-hydrogen) atoms. The molecule has 108 valence electrons. The third-order valence-corrected chi connectivity index (χ3v) is 4.92. The minimum absolute atomic E-state index is 0.490. The van der Waals surface area contributed by atoms with Gasteiger partial charge in [0.2, 0.25) is 0 Å². The van der Waals surface area contributed by atoms with Gasteiger partial charge in [0.25, 0.3) is 0 Å². The van der Waals surface area contributed by atoms with Gasteiger partial charge in [0, 0.05) is 6.04 Å². The molecular weight excluding hydrogens is 218 g/mol. The predicted octanol–water partition coefficient (Wildman–Crippen LogP) is 4.72. The highest BCUT2D eigenvalue weighted by Crippen LogP contribution is 2.44. The minimum atomic E-state index is 0.490. The van der Waals surface area contributed by atoms with Gasteiger partial charge in [-0.1, -0.05) is 48.5 Å². The van der Waals surface area contributed by atoms with Crippen molar-refractivity contribution in [3.8, 4) is 0 Å². The monoisotopic (exact) mass is 253 g/mol. The van der Waals surface area contributed by atoms with E-state index in [1.807, 2.05) is 0 Å². The Kier molecular flexibility index (Phi) is 5.70. The highest BCUT2D eigenvalue weighted by Gasteiger charge is 2.36. The molecule has 0 aliphatic heterocycles. The van der Waals surface area contributed by atoms with Crippen LogP contribution in [-0.2, 0) is 0 Å². The maximum absolute atomic E-state index is 3.65. The fraction of sp³-hybridized carbons (Fsp3) is 1.00. The summed E-state index contributed by atoms with van der Waals surface area (Å²) in [5, 5.41) is 3.65. The Balaban J connectivity index is 2.61. The molecule has 3 unspecified atom stereocenters. The summed E-state index contributed by atoms with van der Waals surface area (Å²) in [5.74, 6) is 3.55. The summed E-state index contributed by atoms with van der Waals surface area (Å²) in [6.07, 6.45) is 4.28. The van der Waals surface area contributed by atoms with Crippen molar-refractivity contribution >= 4 is 0 Å². The number of rotatable bonds is 4. The molecule has 1 aliphatic rings. The van der Waals surface area contributed by atoms with E-state index in [0.717, 1.165) is 23.7 Å². The zero-order chi connectivity index (χ0) is 13.9. The van der Waals surface area contributed by atoms with Gasteiger partial charge in [0.1, 0.15) is 0 Å². The fourth-order valence-electron chi connectivity index (χ4n) is 3.51. The molecule has 0 spiro atoms. The van der Waals surface area contributed by atoms with E-state index in [4.69, 9.17) is 0 Å². The van der Waals surface area contributed by atoms with Gasteiger partial charge in [-0.25, -0.2) is 0 Å². The van der Waals surface area contributed by atoms with E-state index in [1.165, 1.54) is 25.8 Å². The highest BCUT2D eigenvalue weighted by molar-refractivity contribution is 4.87. The van der Waals surface area contributed by atoms with Crippen LogP contribution in [0.25, 0.3) is 0 Å². The minimum Gasteiger partial charge on any atom is -0.314 e. The van der Waals surface area contributed by atoms with E-state index in [9.17, 15) is 0 Å². The molecule has 0 amide bonds. The van der Waals surface area contributed by atoms with Gasteiger partial charge in [-0.3, -0.25) is 0 Å². The van der Waals surface area contributed by atoms with Crippen LogP contribution < -0.4 is 5.32 Å². The lowest BCUT2D eigenvalue weighted by Crippen LogP contribution is -2.40. The Labute approximate surface area is 115 Å². The second-order valence-corrected chi connectivity index (χ2v) is 8.11. The van der Waals surface area contributed by atoms with Crippen LogP contribution in [0.1, 0.15) is 67.7 Å². The van der Waals surface area contributed by atoms with Crippen LogP contribution in [0.5, 0.6) is 0 Å². The Morgan fingerprint density at radius 3 is 2.11 bits per heavy atom. The largest absolute Gasteiger partial charge is 0.314 e. The van der Waals surface area contributed by atoms with Crippen LogP contribution in [0.15, 0.2) is 0 Å². The molecule has 1 rings (SSSR count). The molecule has 1 aliphatic carbocycles. The molecule has 0 radical (unpaired) electrons. The first kappa shape index (κ1) is 16.0. The summed E-state index contributed by atoms with van der Waals surface area (Å²) in [4.78, 5) is 0. The molecule has 0 bridgehead atoms. The molecular formula is C17H35N. The first-order chi connectivity index (χ1) is 8.21. The van der Waals surface area contributed by atoms with Crippen LogP contribution in [0.4, 0.5) is 0 Å². The van der Waals surface area contributed by atoms with E-state index in [-0.39, 0.29) is 0 Å². The van der Waals surface area contributed by atoms with Crippen molar-refractivity contribution < 1.29 is 0 Å². The van der Waals surface area contributed by atoms with Gasteiger partial charge in [0.05, 0.1) is 0 Å². The molecule has 1 N–H and O–H groups in total. The zero-order valence-corrected chi connectivity index (χ0v) is 13.7. The average Bonchev–Trinajstić information content (AvgIpc) is 2.24. The summed E-state index contributed by atoms with van der Waals surface area (Å²) in [6.45, 7) is 17.8. The van der Waals surface area contributed by atoms with Crippen LogP contribution >= 0.6 is 0 Å². The zero-order valence-electron chi connectivity index (χ0n) is 13.7. The van der Waals surface area contributed by atoms with Gasteiger partial charge in [0.15, 0.2) is 0 Å². The summed E-state index contributed by atoms with van der Waals surface area (Å²) in [5.41, 5.74) is 0.490. The van der Waals surface area contributed by atoms with Crippen molar-refractivity contribution in [3.05, 3.63) is 0 Å². The fourth-order valence-corrected chi connectivity index (χ4v) is 3.51. The maximum Gasteiger partial charge on any atom is 0.00104 e. The van der Waals surface area contributed by atoms with Crippen LogP contribution in [-0.4, -0.2) is 12.6 Å². The first-order valence-corrected chi connectivity index (χ1v) is 7.95. The van der Waals surface area contributed by atoms with Crippen molar-refractivity contribution in [3.63, 3.8) is 0 Å². The molecule has 0 aromatic carbocycles. The molecule has 0 saturated heterocycles. The van der Waals surface area contributed by atoms with Crippen molar-refractivity contribution in [1.29, 1.82) is 0 Å². The summed E-state index contributed by atoms with van der Waals surface area (Å²) < 4.78 is 0. The Bertz CT molecular complexity index is 236. The summed E-state index contributed by atoms with van der Waals surface area (Å²) in [7, 11) is 0. The van der Waals surface area contributed by atoms with E-state index < -0.39 is 0 Å². The van der Waals surface area contributed by atoms with Crippen molar-refractivity contribution in [2.45, 2.75) is 73.8 Å². The Morgan fingerprint density at radius 2 is 1.67 bits per heavy atom. The van der Waals surface area contributed by atoms with E-state index in [0.29, 0.717) is 11.5 Å². The van der Waals surface area contributed by atoms with Crippen molar-refractivity contribution in [1.82, 2.24) is 5.32 Å². The lowest BCUT2D eigenvalue weighted by atomic mass is 9.63. The lowest BCUT2D eigenvalue weighted by Gasteiger charge is -2.44. The topological polar surface area (TPSA) is 12.0 Å². The predicted molar refractivity (Wildman–Crippen MR) is 81.8 cm³/mol. The molecule has 1 fully saturated rings. The second kappa shape index (κ2) is 6.41. The Morgan fingerprint density at radius 1 is 1.06 bits per heavy atom. The lowest BCUT2D eigenvalue weighted by molar-refractivity contribution is 0.0719. The molecule has 1 saturated carbocycles. The van der Waals surface area contributed by atoms with Crippen molar-refractivity contribution in [2.24, 2.45) is 29.1 Å².